The number of amides is 1. The van der Waals surface area contributed by atoms with Crippen molar-refractivity contribution in [2.45, 2.75) is 51.0 Å². The fraction of sp³-hybridized carbons (Fsp3) is 0.632. The second-order valence-corrected chi connectivity index (χ2v) is 7.71. The molecule has 1 unspecified atom stereocenters. The van der Waals surface area contributed by atoms with E-state index in [-0.39, 0.29) is 23.5 Å². The third-order valence-corrected chi connectivity index (χ3v) is 4.59. The molecule has 2 fully saturated rings. The number of carboxylic acids is 1. The number of carboxylic acid groups (broad SMARTS) is 1. The first-order valence-corrected chi connectivity index (χ1v) is 9.41. The first kappa shape index (κ1) is 23.8. The first-order chi connectivity index (χ1) is 13.9. The van der Waals surface area contributed by atoms with Crippen LogP contribution in [0, 0.1) is 11.7 Å². The molecular weight excluding hydrogens is 412 g/mol. The van der Waals surface area contributed by atoms with Crippen LogP contribution in [0.25, 0.3) is 0 Å². The molecule has 11 heteroatoms. The highest BCUT2D eigenvalue weighted by Crippen LogP contribution is 2.36. The van der Waals surface area contributed by atoms with Gasteiger partial charge >= 0.3 is 12.1 Å². The average molecular weight is 436 g/mol. The molecule has 0 saturated carbocycles. The van der Waals surface area contributed by atoms with Gasteiger partial charge < -0.3 is 19.5 Å². The smallest absolute Gasteiger partial charge is 0.475 e. The van der Waals surface area contributed by atoms with Crippen molar-refractivity contribution in [3.05, 3.63) is 24.1 Å². The van der Waals surface area contributed by atoms with E-state index in [1.807, 2.05) is 18.7 Å². The van der Waals surface area contributed by atoms with Gasteiger partial charge in [-0.1, -0.05) is 13.8 Å². The Labute approximate surface area is 171 Å². The Balaban J connectivity index is 0.000000396. The van der Waals surface area contributed by atoms with Gasteiger partial charge in [-0.3, -0.25) is 4.79 Å². The highest BCUT2D eigenvalue weighted by molar-refractivity contribution is 5.77. The summed E-state index contributed by atoms with van der Waals surface area (Å²) < 4.78 is 57.0. The lowest BCUT2D eigenvalue weighted by Crippen LogP contribution is -2.67. The van der Waals surface area contributed by atoms with Gasteiger partial charge in [-0.25, -0.2) is 14.2 Å². The normalized spacial score (nSPS) is 20.2. The fourth-order valence-electron chi connectivity index (χ4n) is 3.22. The van der Waals surface area contributed by atoms with Crippen molar-refractivity contribution in [1.29, 1.82) is 0 Å². The number of aromatic nitrogens is 1. The Morgan fingerprint density at radius 1 is 1.40 bits per heavy atom. The Bertz CT molecular complexity index is 751. The number of hydrogen-bond acceptors (Lipinski definition) is 5. The molecule has 3 heterocycles. The number of ether oxygens (including phenoxy) is 2. The van der Waals surface area contributed by atoms with Gasteiger partial charge in [-0.05, 0) is 18.1 Å². The number of likely N-dealkylation sites (tertiary alicyclic amines) is 1. The molecule has 1 atom stereocenters. The number of carbonyl (C=O) groups is 2. The highest BCUT2D eigenvalue weighted by atomic mass is 19.4. The lowest BCUT2D eigenvalue weighted by molar-refractivity contribution is -0.193. The first-order valence-electron chi connectivity index (χ1n) is 9.41. The van der Waals surface area contributed by atoms with Gasteiger partial charge in [0.1, 0.15) is 11.7 Å². The standard InChI is InChI=1S/C17H23FN2O3.C2HF3O2/c1-12(2)8-15(21)20-10-17(11-20)9-13(5-7-22-17)23-16-14(18)4-3-6-19-16;3-2(4,5)1(6)7/h3-4,6,12-13H,5,7-11H2,1-2H3;(H,6,7). The Hall–Kier alpha value is -2.43. The number of halogens is 4. The predicted octanol–water partition coefficient (Wildman–Crippen LogP) is 3.04. The van der Waals surface area contributed by atoms with Crippen molar-refractivity contribution in [1.82, 2.24) is 9.88 Å². The van der Waals surface area contributed by atoms with Crippen LogP contribution in [0.15, 0.2) is 18.3 Å². The van der Waals surface area contributed by atoms with E-state index in [4.69, 9.17) is 19.4 Å². The minimum absolute atomic E-state index is 0.0432. The van der Waals surface area contributed by atoms with Crippen molar-refractivity contribution in [2.24, 2.45) is 5.92 Å². The van der Waals surface area contributed by atoms with Crippen LogP contribution in [0.2, 0.25) is 0 Å². The molecule has 1 spiro atoms. The number of alkyl halides is 3. The number of hydrogen-bond donors (Lipinski definition) is 1. The van der Waals surface area contributed by atoms with Crippen LogP contribution < -0.4 is 4.74 Å². The van der Waals surface area contributed by atoms with E-state index in [1.54, 1.807) is 0 Å². The van der Waals surface area contributed by atoms with Crippen LogP contribution in [0.3, 0.4) is 0 Å². The van der Waals surface area contributed by atoms with Gasteiger partial charge in [0.25, 0.3) is 5.88 Å². The van der Waals surface area contributed by atoms with Gasteiger partial charge in [0.05, 0.1) is 19.7 Å². The minimum Gasteiger partial charge on any atom is -0.475 e. The summed E-state index contributed by atoms with van der Waals surface area (Å²) in [5.74, 6) is -2.63. The van der Waals surface area contributed by atoms with Crippen LogP contribution in [-0.2, 0) is 14.3 Å². The van der Waals surface area contributed by atoms with Crippen LogP contribution >= 0.6 is 0 Å². The van der Waals surface area contributed by atoms with E-state index in [2.05, 4.69) is 4.98 Å². The predicted molar refractivity (Wildman–Crippen MR) is 96.3 cm³/mol. The van der Waals surface area contributed by atoms with Gasteiger partial charge in [0.2, 0.25) is 5.91 Å². The van der Waals surface area contributed by atoms with Gasteiger partial charge in [-0.15, -0.1) is 0 Å². The molecule has 7 nitrogen and oxygen atoms in total. The summed E-state index contributed by atoms with van der Waals surface area (Å²) in [6.07, 6.45) is -1.76. The summed E-state index contributed by atoms with van der Waals surface area (Å²) in [4.78, 5) is 26.7. The summed E-state index contributed by atoms with van der Waals surface area (Å²) in [7, 11) is 0. The molecule has 30 heavy (non-hydrogen) atoms. The third kappa shape index (κ3) is 6.54. The van der Waals surface area contributed by atoms with E-state index < -0.39 is 18.0 Å². The second kappa shape index (κ2) is 9.59. The van der Waals surface area contributed by atoms with E-state index in [9.17, 15) is 22.4 Å². The lowest BCUT2D eigenvalue weighted by atomic mass is 9.84. The molecule has 2 saturated heterocycles. The largest absolute Gasteiger partial charge is 0.490 e. The molecule has 0 bridgehead atoms. The molecule has 0 aliphatic carbocycles. The monoisotopic (exact) mass is 436 g/mol. The molecular formula is C19H24F4N2O5. The zero-order chi connectivity index (χ0) is 22.5. The third-order valence-electron chi connectivity index (χ3n) is 4.59. The summed E-state index contributed by atoms with van der Waals surface area (Å²) >= 11 is 0. The topological polar surface area (TPSA) is 89.0 Å². The maximum atomic E-state index is 13.7. The zero-order valence-corrected chi connectivity index (χ0v) is 16.6. The van der Waals surface area contributed by atoms with E-state index in [1.165, 1.54) is 18.3 Å². The van der Waals surface area contributed by atoms with Crippen molar-refractivity contribution in [2.75, 3.05) is 19.7 Å². The number of pyridine rings is 1. The minimum atomic E-state index is -5.08. The van der Waals surface area contributed by atoms with Gasteiger partial charge in [0, 0.05) is 25.5 Å². The van der Waals surface area contributed by atoms with E-state index in [0.717, 1.165) is 0 Å². The quantitative estimate of drug-likeness (QED) is 0.730. The number of nitrogens with zero attached hydrogens (tertiary/aromatic N) is 2. The Kier molecular flexibility index (Phi) is 7.62. The molecule has 2 aliphatic rings. The maximum absolute atomic E-state index is 13.7. The van der Waals surface area contributed by atoms with Crippen molar-refractivity contribution in [3.8, 4) is 5.88 Å². The van der Waals surface area contributed by atoms with Crippen LogP contribution in [-0.4, -0.2) is 64.4 Å². The highest BCUT2D eigenvalue weighted by Gasteiger charge is 2.49. The van der Waals surface area contributed by atoms with Gasteiger partial charge in [0.15, 0.2) is 5.82 Å². The zero-order valence-electron chi connectivity index (χ0n) is 16.6. The number of carbonyl (C=O) groups excluding carboxylic acids is 1. The molecule has 168 valence electrons. The molecule has 2 aliphatic heterocycles. The average Bonchev–Trinajstić information content (AvgIpc) is 2.61. The van der Waals surface area contributed by atoms with Crippen molar-refractivity contribution >= 4 is 11.9 Å². The Morgan fingerprint density at radius 2 is 2.03 bits per heavy atom. The number of rotatable bonds is 4. The maximum Gasteiger partial charge on any atom is 0.490 e. The van der Waals surface area contributed by atoms with Crippen LogP contribution in [0.4, 0.5) is 17.6 Å². The molecule has 0 aromatic carbocycles. The van der Waals surface area contributed by atoms with Crippen molar-refractivity contribution in [3.63, 3.8) is 0 Å². The van der Waals surface area contributed by atoms with Gasteiger partial charge in [-0.2, -0.15) is 13.2 Å². The molecule has 3 rings (SSSR count). The van der Waals surface area contributed by atoms with E-state index >= 15 is 0 Å². The van der Waals surface area contributed by atoms with Crippen LogP contribution in [0.1, 0.15) is 33.1 Å². The summed E-state index contributed by atoms with van der Waals surface area (Å²) in [6.45, 7) is 5.84. The summed E-state index contributed by atoms with van der Waals surface area (Å²) in [5.41, 5.74) is -0.333. The summed E-state index contributed by atoms with van der Waals surface area (Å²) in [6, 6.07) is 2.88. The second-order valence-electron chi connectivity index (χ2n) is 7.71. The van der Waals surface area contributed by atoms with E-state index in [0.29, 0.717) is 44.9 Å². The lowest BCUT2D eigenvalue weighted by Gasteiger charge is -2.53. The molecule has 1 aromatic rings. The molecule has 1 amide bonds. The SMILES string of the molecule is CC(C)CC(=O)N1CC2(CC(Oc3ncccc3F)CCO2)C1.O=C(O)C(F)(F)F. The molecule has 1 aromatic heterocycles. The van der Waals surface area contributed by atoms with Crippen molar-refractivity contribution < 1.29 is 41.7 Å². The van der Waals surface area contributed by atoms with Crippen LogP contribution in [0.5, 0.6) is 5.88 Å². The summed E-state index contributed by atoms with van der Waals surface area (Å²) in [5, 5.41) is 7.12. The fourth-order valence-corrected chi connectivity index (χ4v) is 3.22. The Morgan fingerprint density at radius 3 is 2.57 bits per heavy atom. The molecule has 0 radical (unpaired) electrons. The number of aliphatic carboxylic acids is 1. The molecule has 1 N–H and O–H groups in total.